The zero-order chi connectivity index (χ0) is 26.8. The number of benzene rings is 6. The summed E-state index contributed by atoms with van der Waals surface area (Å²) in [6.45, 7) is 4.39. The second kappa shape index (κ2) is 8.75. The Balaban J connectivity index is 1.40. The first kappa shape index (κ1) is 22.9. The zero-order valence-electron chi connectivity index (χ0n) is 22.3. The standard InChI is InChI=1S/C37H26N2O/c1-22(2)33-34(39-36-30-17-6-4-14-27(30)26-13-3-5-16-29(26)35(36)38-33)24-12-9-11-23(21-24)25-18-10-19-31-28-15-7-8-20-32(28)40-37(25)31/h3-22H,1-2H3. The largest absolute Gasteiger partial charge is 0.455 e. The SMILES string of the molecule is CC(C)c1nc2c3ccccc3c3ccccc3c2nc1-c1cccc(-c2cccc3c2oc2ccccc23)c1. The minimum Gasteiger partial charge on any atom is -0.455 e. The van der Waals surface area contributed by atoms with Crippen molar-refractivity contribution in [1.29, 1.82) is 0 Å². The van der Waals surface area contributed by atoms with E-state index < -0.39 is 0 Å². The van der Waals surface area contributed by atoms with Crippen molar-refractivity contribution >= 4 is 54.5 Å². The Morgan fingerprint density at radius 2 is 1.10 bits per heavy atom. The summed E-state index contributed by atoms with van der Waals surface area (Å²) in [5.74, 6) is 0.208. The van der Waals surface area contributed by atoms with Crippen molar-refractivity contribution < 1.29 is 4.42 Å². The van der Waals surface area contributed by atoms with Gasteiger partial charge in [0, 0.05) is 32.7 Å². The van der Waals surface area contributed by atoms with Crippen LogP contribution >= 0.6 is 0 Å². The summed E-state index contributed by atoms with van der Waals surface area (Å²) in [4.78, 5) is 10.7. The third-order valence-electron chi connectivity index (χ3n) is 7.98. The predicted molar refractivity (Wildman–Crippen MR) is 167 cm³/mol. The highest BCUT2D eigenvalue weighted by Crippen LogP contribution is 2.39. The first-order valence-corrected chi connectivity index (χ1v) is 13.8. The summed E-state index contributed by atoms with van der Waals surface area (Å²) < 4.78 is 6.36. The van der Waals surface area contributed by atoms with Crippen LogP contribution in [0.3, 0.4) is 0 Å². The van der Waals surface area contributed by atoms with Crippen LogP contribution in [0, 0.1) is 0 Å². The first-order chi connectivity index (χ1) is 19.7. The second-order valence-corrected chi connectivity index (χ2v) is 10.8. The van der Waals surface area contributed by atoms with Crippen LogP contribution in [0.15, 0.2) is 120 Å². The van der Waals surface area contributed by atoms with E-state index in [1.54, 1.807) is 0 Å². The van der Waals surface area contributed by atoms with Gasteiger partial charge in [0.05, 0.1) is 22.4 Å². The van der Waals surface area contributed by atoms with E-state index in [-0.39, 0.29) is 5.92 Å². The van der Waals surface area contributed by atoms with E-state index in [4.69, 9.17) is 14.4 Å². The van der Waals surface area contributed by atoms with Gasteiger partial charge >= 0.3 is 0 Å². The van der Waals surface area contributed by atoms with E-state index in [0.29, 0.717) is 0 Å². The van der Waals surface area contributed by atoms with Gasteiger partial charge < -0.3 is 4.42 Å². The Hall–Kier alpha value is -5.02. The van der Waals surface area contributed by atoms with Crippen LogP contribution in [0.5, 0.6) is 0 Å². The second-order valence-electron chi connectivity index (χ2n) is 10.8. The maximum Gasteiger partial charge on any atom is 0.143 e. The monoisotopic (exact) mass is 514 g/mol. The van der Waals surface area contributed by atoms with Gasteiger partial charge in [0.15, 0.2) is 0 Å². The highest BCUT2D eigenvalue weighted by molar-refractivity contribution is 6.23. The van der Waals surface area contributed by atoms with E-state index in [1.807, 2.05) is 12.1 Å². The summed E-state index contributed by atoms with van der Waals surface area (Å²) in [6.07, 6.45) is 0. The summed E-state index contributed by atoms with van der Waals surface area (Å²) in [7, 11) is 0. The average molecular weight is 515 g/mol. The van der Waals surface area contributed by atoms with Crippen LogP contribution in [-0.2, 0) is 0 Å². The molecule has 0 atom stereocenters. The minimum absolute atomic E-state index is 0.208. The number of aromatic nitrogens is 2. The first-order valence-electron chi connectivity index (χ1n) is 13.8. The smallest absolute Gasteiger partial charge is 0.143 e. The van der Waals surface area contributed by atoms with Crippen molar-refractivity contribution in [3.05, 3.63) is 121 Å². The summed E-state index contributed by atoms with van der Waals surface area (Å²) in [6, 6.07) is 40.3. The van der Waals surface area contributed by atoms with Crippen molar-refractivity contribution in [1.82, 2.24) is 9.97 Å². The van der Waals surface area contributed by atoms with Crippen LogP contribution in [0.25, 0.3) is 76.9 Å². The highest BCUT2D eigenvalue weighted by Gasteiger charge is 2.19. The van der Waals surface area contributed by atoms with Gasteiger partial charge in [0.2, 0.25) is 0 Å². The fourth-order valence-electron chi connectivity index (χ4n) is 6.10. The van der Waals surface area contributed by atoms with Crippen molar-refractivity contribution in [2.24, 2.45) is 0 Å². The van der Waals surface area contributed by atoms with E-state index in [1.165, 1.54) is 10.8 Å². The maximum absolute atomic E-state index is 6.36. The van der Waals surface area contributed by atoms with Gasteiger partial charge in [-0.1, -0.05) is 117 Å². The molecule has 8 rings (SSSR count). The average Bonchev–Trinajstić information content (AvgIpc) is 3.39. The lowest BCUT2D eigenvalue weighted by Gasteiger charge is -2.16. The van der Waals surface area contributed by atoms with Crippen molar-refractivity contribution in [3.8, 4) is 22.4 Å². The van der Waals surface area contributed by atoms with E-state index in [9.17, 15) is 0 Å². The van der Waals surface area contributed by atoms with E-state index in [2.05, 4.69) is 117 Å². The van der Waals surface area contributed by atoms with Crippen LogP contribution in [0.1, 0.15) is 25.5 Å². The van der Waals surface area contributed by atoms with Gasteiger partial charge in [-0.05, 0) is 34.4 Å². The molecule has 0 unspecified atom stereocenters. The molecule has 0 saturated heterocycles. The number of para-hydroxylation sites is 2. The number of nitrogens with zero attached hydrogens (tertiary/aromatic N) is 2. The molecule has 0 amide bonds. The molecule has 3 nitrogen and oxygen atoms in total. The van der Waals surface area contributed by atoms with Gasteiger partial charge in [0.1, 0.15) is 11.2 Å². The number of rotatable bonds is 3. The molecule has 0 saturated carbocycles. The van der Waals surface area contributed by atoms with Gasteiger partial charge in [-0.15, -0.1) is 0 Å². The van der Waals surface area contributed by atoms with E-state index in [0.717, 1.165) is 71.8 Å². The molecule has 0 N–H and O–H groups in total. The van der Waals surface area contributed by atoms with Crippen molar-refractivity contribution in [2.45, 2.75) is 19.8 Å². The van der Waals surface area contributed by atoms with Crippen LogP contribution < -0.4 is 0 Å². The molecule has 0 fully saturated rings. The Morgan fingerprint density at radius 1 is 0.525 bits per heavy atom. The lowest BCUT2D eigenvalue weighted by atomic mass is 9.95. The Kier molecular flexibility index (Phi) is 5.02. The summed E-state index contributed by atoms with van der Waals surface area (Å²) >= 11 is 0. The van der Waals surface area contributed by atoms with Crippen molar-refractivity contribution in [3.63, 3.8) is 0 Å². The Morgan fingerprint density at radius 3 is 1.82 bits per heavy atom. The molecule has 0 bridgehead atoms. The quantitative estimate of drug-likeness (QED) is 0.220. The zero-order valence-corrected chi connectivity index (χ0v) is 22.3. The van der Waals surface area contributed by atoms with Gasteiger partial charge in [-0.2, -0.15) is 0 Å². The van der Waals surface area contributed by atoms with Gasteiger partial charge in [-0.25, -0.2) is 9.97 Å². The molecule has 0 spiro atoms. The van der Waals surface area contributed by atoms with E-state index >= 15 is 0 Å². The maximum atomic E-state index is 6.36. The molecule has 2 heterocycles. The Labute approximate surface area is 231 Å². The molecule has 0 aliphatic heterocycles. The lowest BCUT2D eigenvalue weighted by Crippen LogP contribution is -2.02. The molecule has 0 aliphatic carbocycles. The third kappa shape index (κ3) is 3.37. The number of fused-ring (bicyclic) bond motifs is 9. The number of furan rings is 1. The van der Waals surface area contributed by atoms with Gasteiger partial charge in [0.25, 0.3) is 0 Å². The number of hydrogen-bond acceptors (Lipinski definition) is 3. The predicted octanol–water partition coefficient (Wildman–Crippen LogP) is 10.3. The molecule has 3 heteroatoms. The van der Waals surface area contributed by atoms with Crippen LogP contribution in [-0.4, -0.2) is 9.97 Å². The molecule has 6 aromatic carbocycles. The van der Waals surface area contributed by atoms with Gasteiger partial charge in [-0.3, -0.25) is 0 Å². The van der Waals surface area contributed by atoms with Crippen LogP contribution in [0.2, 0.25) is 0 Å². The molecule has 190 valence electrons. The summed E-state index contributed by atoms with van der Waals surface area (Å²) in [5, 5.41) is 6.95. The molecule has 0 radical (unpaired) electrons. The third-order valence-corrected chi connectivity index (χ3v) is 7.98. The molecule has 8 aromatic rings. The Bertz CT molecular complexity index is 2260. The van der Waals surface area contributed by atoms with Crippen molar-refractivity contribution in [2.75, 3.05) is 0 Å². The fourth-order valence-corrected chi connectivity index (χ4v) is 6.10. The highest BCUT2D eigenvalue weighted by atomic mass is 16.3. The minimum atomic E-state index is 0.208. The lowest BCUT2D eigenvalue weighted by molar-refractivity contribution is 0.670. The fraction of sp³-hybridized carbons (Fsp3) is 0.0811. The number of hydrogen-bond donors (Lipinski definition) is 0. The molecule has 2 aromatic heterocycles. The molecular weight excluding hydrogens is 488 g/mol. The molecule has 0 aliphatic rings. The normalized spacial score (nSPS) is 12.0. The molecule has 40 heavy (non-hydrogen) atoms. The van der Waals surface area contributed by atoms with Crippen LogP contribution in [0.4, 0.5) is 0 Å². The summed E-state index contributed by atoms with van der Waals surface area (Å²) in [5.41, 5.74) is 8.89. The topological polar surface area (TPSA) is 38.9 Å². The molecular formula is C37H26N2O.